The molecule has 152 valence electrons. The van der Waals surface area contributed by atoms with Crippen molar-refractivity contribution in [2.24, 2.45) is 0 Å². The smallest absolute Gasteiger partial charge is 0.248 e. The summed E-state index contributed by atoms with van der Waals surface area (Å²) in [5.41, 5.74) is 0.882. The van der Waals surface area contributed by atoms with Crippen LogP contribution in [0.15, 0.2) is 23.7 Å². The number of hydrogen-bond donors (Lipinski definition) is 2. The summed E-state index contributed by atoms with van der Waals surface area (Å²) < 4.78 is 0. The molecule has 2 amide bonds. The number of carbonyl (C=O) groups excluding carboxylic acids is 2. The molecule has 1 aliphatic rings. The van der Waals surface area contributed by atoms with Crippen molar-refractivity contribution in [3.8, 4) is 10.6 Å². The third-order valence-corrected chi connectivity index (χ3v) is 7.44. The van der Waals surface area contributed by atoms with Gasteiger partial charge in [0.15, 0.2) is 10.3 Å². The molecular formula is C19H21N5O2S3. The minimum atomic E-state index is -0.209. The van der Waals surface area contributed by atoms with Crippen molar-refractivity contribution in [3.63, 3.8) is 0 Å². The zero-order valence-corrected chi connectivity index (χ0v) is 18.5. The summed E-state index contributed by atoms with van der Waals surface area (Å²) in [6.45, 7) is 4.88. The number of thiophene rings is 1. The first-order chi connectivity index (χ1) is 14.0. The average Bonchev–Trinajstić information content (AvgIpc) is 3.46. The fourth-order valence-electron chi connectivity index (χ4n) is 3.30. The van der Waals surface area contributed by atoms with E-state index >= 15 is 0 Å². The SMILES string of the molecule is CC(=O)NCc1ccc(-c2nc(NC(=O)C3CCCN3c3nccs3)sc2C)s1. The molecular weight excluding hydrogens is 426 g/mol. The highest BCUT2D eigenvalue weighted by molar-refractivity contribution is 7.18. The quantitative estimate of drug-likeness (QED) is 0.599. The Morgan fingerprint density at radius 3 is 2.93 bits per heavy atom. The first-order valence-electron chi connectivity index (χ1n) is 9.29. The lowest BCUT2D eigenvalue weighted by atomic mass is 10.2. The standard InChI is InChI=1S/C19H21N5O2S3/c1-11-16(15-6-5-13(29-15)10-21-12(2)25)22-18(28-11)23-17(26)14-4-3-8-24(14)19-20-7-9-27-19/h5-7,9,14H,3-4,8,10H2,1-2H3,(H,21,25)(H,22,23,26). The highest BCUT2D eigenvalue weighted by Gasteiger charge is 2.32. The van der Waals surface area contributed by atoms with Crippen molar-refractivity contribution >= 4 is 56.1 Å². The van der Waals surface area contributed by atoms with Gasteiger partial charge >= 0.3 is 0 Å². The first kappa shape index (κ1) is 20.0. The van der Waals surface area contributed by atoms with Gasteiger partial charge in [-0.2, -0.15) is 0 Å². The second-order valence-corrected chi connectivity index (χ2v) is 10.00. The second kappa shape index (κ2) is 8.60. The minimum absolute atomic E-state index is 0.0319. The van der Waals surface area contributed by atoms with Gasteiger partial charge in [0.05, 0.1) is 17.1 Å². The van der Waals surface area contributed by atoms with Crippen LogP contribution in [0, 0.1) is 6.92 Å². The number of hydrogen-bond acceptors (Lipinski definition) is 8. The molecule has 0 spiro atoms. The number of thiazole rings is 2. The maximum absolute atomic E-state index is 12.9. The van der Waals surface area contributed by atoms with Gasteiger partial charge < -0.3 is 15.5 Å². The average molecular weight is 448 g/mol. The topological polar surface area (TPSA) is 87.2 Å². The third-order valence-electron chi connectivity index (χ3n) is 4.65. The molecule has 0 aromatic carbocycles. The summed E-state index contributed by atoms with van der Waals surface area (Å²) in [5.74, 6) is -0.0796. The largest absolute Gasteiger partial charge is 0.351 e. The molecule has 1 fully saturated rings. The number of anilines is 2. The van der Waals surface area contributed by atoms with E-state index in [4.69, 9.17) is 0 Å². The molecule has 3 aromatic rings. The summed E-state index contributed by atoms with van der Waals surface area (Å²) in [4.78, 5) is 38.2. The number of amides is 2. The molecule has 1 unspecified atom stereocenters. The Labute approximate surface area is 180 Å². The van der Waals surface area contributed by atoms with Gasteiger partial charge in [0.2, 0.25) is 11.8 Å². The molecule has 4 rings (SSSR count). The van der Waals surface area contributed by atoms with Gasteiger partial charge in [-0.05, 0) is 31.9 Å². The van der Waals surface area contributed by atoms with E-state index in [1.807, 2.05) is 24.4 Å². The maximum Gasteiger partial charge on any atom is 0.248 e. The van der Waals surface area contributed by atoms with Crippen molar-refractivity contribution in [2.45, 2.75) is 39.3 Å². The molecule has 29 heavy (non-hydrogen) atoms. The van der Waals surface area contributed by atoms with Crippen LogP contribution in [0.2, 0.25) is 0 Å². The van der Waals surface area contributed by atoms with E-state index in [9.17, 15) is 9.59 Å². The Bertz CT molecular complexity index is 1010. The summed E-state index contributed by atoms with van der Waals surface area (Å²) in [7, 11) is 0. The molecule has 10 heteroatoms. The van der Waals surface area contributed by atoms with Crippen LogP contribution in [0.3, 0.4) is 0 Å². The molecule has 2 N–H and O–H groups in total. The number of nitrogens with one attached hydrogen (secondary N) is 2. The van der Waals surface area contributed by atoms with Gasteiger partial charge in [0.1, 0.15) is 6.04 Å². The van der Waals surface area contributed by atoms with Crippen LogP contribution in [-0.2, 0) is 16.1 Å². The summed E-state index contributed by atoms with van der Waals surface area (Å²) >= 11 is 4.64. The molecule has 0 aliphatic carbocycles. The van der Waals surface area contributed by atoms with Crippen LogP contribution in [0.5, 0.6) is 0 Å². The zero-order chi connectivity index (χ0) is 20.4. The highest BCUT2D eigenvalue weighted by Crippen LogP contribution is 2.35. The predicted octanol–water partition coefficient (Wildman–Crippen LogP) is 3.88. The Morgan fingerprint density at radius 2 is 2.17 bits per heavy atom. The predicted molar refractivity (Wildman–Crippen MR) is 119 cm³/mol. The van der Waals surface area contributed by atoms with Crippen molar-refractivity contribution in [1.82, 2.24) is 15.3 Å². The fourth-order valence-corrected chi connectivity index (χ4v) is 5.91. The Morgan fingerprint density at radius 1 is 1.31 bits per heavy atom. The number of carbonyl (C=O) groups is 2. The molecule has 0 radical (unpaired) electrons. The van der Waals surface area contributed by atoms with Crippen LogP contribution in [0.4, 0.5) is 10.3 Å². The van der Waals surface area contributed by atoms with Crippen molar-refractivity contribution in [1.29, 1.82) is 0 Å². The summed E-state index contributed by atoms with van der Waals surface area (Å²) in [6.07, 6.45) is 3.57. The third kappa shape index (κ3) is 4.49. The van der Waals surface area contributed by atoms with E-state index in [-0.39, 0.29) is 17.9 Å². The lowest BCUT2D eigenvalue weighted by Crippen LogP contribution is -2.39. The van der Waals surface area contributed by atoms with E-state index in [1.54, 1.807) is 28.9 Å². The van der Waals surface area contributed by atoms with Crippen LogP contribution in [0.25, 0.3) is 10.6 Å². The molecule has 1 saturated heterocycles. The second-order valence-electron chi connectivity index (χ2n) is 6.75. The number of aromatic nitrogens is 2. The van der Waals surface area contributed by atoms with Gasteiger partial charge in [0, 0.05) is 34.8 Å². The normalized spacial score (nSPS) is 16.2. The summed E-state index contributed by atoms with van der Waals surface area (Å²) in [5, 5.41) is 9.25. The van der Waals surface area contributed by atoms with Crippen LogP contribution in [-0.4, -0.2) is 34.4 Å². The van der Waals surface area contributed by atoms with Gasteiger partial charge in [-0.1, -0.05) is 0 Å². The van der Waals surface area contributed by atoms with Crippen LogP contribution >= 0.6 is 34.0 Å². The van der Waals surface area contributed by atoms with Crippen LogP contribution in [0.1, 0.15) is 29.5 Å². The first-order valence-corrected chi connectivity index (χ1v) is 11.8. The Hall–Kier alpha value is -2.30. The molecule has 0 bridgehead atoms. The Kier molecular flexibility index (Phi) is 5.93. The van der Waals surface area contributed by atoms with E-state index < -0.39 is 0 Å². The maximum atomic E-state index is 12.9. The molecule has 1 atom stereocenters. The van der Waals surface area contributed by atoms with E-state index in [1.165, 1.54) is 18.3 Å². The van der Waals surface area contributed by atoms with Crippen molar-refractivity contribution in [3.05, 3.63) is 33.5 Å². The monoisotopic (exact) mass is 447 g/mol. The van der Waals surface area contributed by atoms with Gasteiger partial charge in [-0.25, -0.2) is 9.97 Å². The van der Waals surface area contributed by atoms with Crippen molar-refractivity contribution < 1.29 is 9.59 Å². The van der Waals surface area contributed by atoms with E-state index in [0.29, 0.717) is 11.7 Å². The summed E-state index contributed by atoms with van der Waals surface area (Å²) in [6, 6.07) is 3.80. The molecule has 4 heterocycles. The van der Waals surface area contributed by atoms with E-state index in [0.717, 1.165) is 44.8 Å². The number of aryl methyl sites for hydroxylation is 1. The zero-order valence-electron chi connectivity index (χ0n) is 16.1. The van der Waals surface area contributed by atoms with Gasteiger partial charge in [0.25, 0.3) is 0 Å². The van der Waals surface area contributed by atoms with Crippen LogP contribution < -0.4 is 15.5 Å². The number of rotatable bonds is 6. The molecule has 1 aliphatic heterocycles. The number of nitrogens with zero attached hydrogens (tertiary/aromatic N) is 3. The lowest BCUT2D eigenvalue weighted by molar-refractivity contribution is -0.119. The van der Waals surface area contributed by atoms with Gasteiger partial charge in [-0.15, -0.1) is 34.0 Å². The highest BCUT2D eigenvalue weighted by atomic mass is 32.1. The minimum Gasteiger partial charge on any atom is -0.351 e. The molecule has 7 nitrogen and oxygen atoms in total. The fraction of sp³-hybridized carbons (Fsp3) is 0.368. The lowest BCUT2D eigenvalue weighted by Gasteiger charge is -2.22. The van der Waals surface area contributed by atoms with Gasteiger partial charge in [-0.3, -0.25) is 9.59 Å². The van der Waals surface area contributed by atoms with Crippen molar-refractivity contribution in [2.75, 3.05) is 16.8 Å². The molecule has 0 saturated carbocycles. The molecule has 3 aromatic heterocycles. The Balaban J connectivity index is 1.45. The van der Waals surface area contributed by atoms with E-state index in [2.05, 4.69) is 25.5 Å².